The van der Waals surface area contributed by atoms with Crippen molar-refractivity contribution < 1.29 is 13.2 Å². The van der Waals surface area contributed by atoms with Gasteiger partial charge in [0, 0.05) is 0 Å². The Morgan fingerprint density at radius 2 is 1.71 bits per heavy atom. The molecule has 0 aliphatic heterocycles. The number of benzene rings is 2. The van der Waals surface area contributed by atoms with Crippen molar-refractivity contribution in [2.45, 2.75) is 33.0 Å². The Morgan fingerprint density at radius 1 is 1.04 bits per heavy atom. The van der Waals surface area contributed by atoms with Gasteiger partial charge in [-0.05, 0) is 61.8 Å². The normalized spacial score (nSPS) is 12.6. The highest BCUT2D eigenvalue weighted by Gasteiger charge is 2.33. The molecule has 0 radical (unpaired) electrons. The van der Waals surface area contributed by atoms with Crippen LogP contribution in [0.3, 0.4) is 0 Å². The summed E-state index contributed by atoms with van der Waals surface area (Å²) in [6.07, 6.45) is -4.43. The van der Waals surface area contributed by atoms with E-state index in [4.69, 9.17) is 12.2 Å². The van der Waals surface area contributed by atoms with E-state index in [0.717, 1.165) is 17.2 Å². The predicted octanol–water partition coefficient (Wildman–Crippen LogP) is 5.37. The third-order valence-corrected chi connectivity index (χ3v) is 4.08. The molecule has 0 spiro atoms. The summed E-state index contributed by atoms with van der Waals surface area (Å²) in [4.78, 5) is 0. The Balaban J connectivity index is 2.10. The van der Waals surface area contributed by atoms with E-state index in [1.807, 2.05) is 39.0 Å². The van der Waals surface area contributed by atoms with Crippen molar-refractivity contribution in [1.82, 2.24) is 5.32 Å². The van der Waals surface area contributed by atoms with Gasteiger partial charge in [-0.2, -0.15) is 13.2 Å². The average molecular weight is 352 g/mol. The Labute approximate surface area is 145 Å². The maximum absolute atomic E-state index is 13.0. The highest BCUT2D eigenvalue weighted by molar-refractivity contribution is 7.80. The summed E-state index contributed by atoms with van der Waals surface area (Å²) in [5.74, 6) is 0. The SMILES string of the molecule is Cc1ccc([C@@H](C)NC(=S)Nc2ccccc2C(F)(F)F)cc1C. The molecule has 2 N–H and O–H groups in total. The van der Waals surface area contributed by atoms with E-state index in [1.165, 1.54) is 23.8 Å². The molecule has 2 rings (SSSR count). The van der Waals surface area contributed by atoms with Crippen LogP contribution in [0.15, 0.2) is 42.5 Å². The van der Waals surface area contributed by atoms with Crippen LogP contribution < -0.4 is 10.6 Å². The van der Waals surface area contributed by atoms with Gasteiger partial charge in [0.25, 0.3) is 0 Å². The van der Waals surface area contributed by atoms with Crippen molar-refractivity contribution in [2.24, 2.45) is 0 Å². The topological polar surface area (TPSA) is 24.1 Å². The van der Waals surface area contributed by atoms with Crippen LogP contribution in [0.25, 0.3) is 0 Å². The summed E-state index contributed by atoms with van der Waals surface area (Å²) in [6.45, 7) is 5.95. The number of rotatable bonds is 3. The number of alkyl halides is 3. The molecule has 0 amide bonds. The number of halogens is 3. The molecule has 2 aromatic rings. The van der Waals surface area contributed by atoms with E-state index < -0.39 is 11.7 Å². The second kappa shape index (κ2) is 7.21. The quantitative estimate of drug-likeness (QED) is 0.726. The smallest absolute Gasteiger partial charge is 0.356 e. The van der Waals surface area contributed by atoms with Gasteiger partial charge in [-0.1, -0.05) is 30.3 Å². The molecular weight excluding hydrogens is 333 g/mol. The number of nitrogens with one attached hydrogen (secondary N) is 2. The fourth-order valence-corrected chi connectivity index (χ4v) is 2.60. The first kappa shape index (κ1) is 18.3. The van der Waals surface area contributed by atoms with E-state index in [0.29, 0.717) is 0 Å². The first-order valence-corrected chi connectivity index (χ1v) is 7.90. The van der Waals surface area contributed by atoms with Crippen molar-refractivity contribution in [3.8, 4) is 0 Å². The summed E-state index contributed by atoms with van der Waals surface area (Å²) >= 11 is 5.16. The van der Waals surface area contributed by atoms with Gasteiger partial charge in [-0.15, -0.1) is 0 Å². The van der Waals surface area contributed by atoms with Crippen molar-refractivity contribution in [3.05, 3.63) is 64.7 Å². The lowest BCUT2D eigenvalue weighted by Gasteiger charge is -2.20. The lowest BCUT2D eigenvalue weighted by molar-refractivity contribution is -0.136. The molecule has 0 bridgehead atoms. The zero-order valence-electron chi connectivity index (χ0n) is 13.7. The monoisotopic (exact) mass is 352 g/mol. The zero-order valence-corrected chi connectivity index (χ0v) is 14.5. The molecule has 0 aliphatic carbocycles. The van der Waals surface area contributed by atoms with Crippen LogP contribution >= 0.6 is 12.2 Å². The number of aryl methyl sites for hydroxylation is 2. The summed E-state index contributed by atoms with van der Waals surface area (Å²) in [6, 6.07) is 11.2. The molecule has 0 aliphatic rings. The van der Waals surface area contributed by atoms with Crippen molar-refractivity contribution >= 4 is 23.0 Å². The summed E-state index contributed by atoms with van der Waals surface area (Å²) in [5, 5.41) is 5.82. The van der Waals surface area contributed by atoms with Gasteiger partial charge in [0.1, 0.15) is 0 Å². The van der Waals surface area contributed by atoms with Crippen LogP contribution in [0.1, 0.15) is 35.2 Å². The Morgan fingerprint density at radius 3 is 2.33 bits per heavy atom. The molecule has 0 unspecified atom stereocenters. The Hall–Kier alpha value is -2.08. The van der Waals surface area contributed by atoms with Crippen LogP contribution in [0.2, 0.25) is 0 Å². The van der Waals surface area contributed by atoms with E-state index in [9.17, 15) is 13.2 Å². The van der Waals surface area contributed by atoms with Crippen molar-refractivity contribution in [3.63, 3.8) is 0 Å². The third-order valence-electron chi connectivity index (χ3n) is 3.86. The van der Waals surface area contributed by atoms with Gasteiger partial charge < -0.3 is 10.6 Å². The predicted molar refractivity (Wildman–Crippen MR) is 95.1 cm³/mol. The molecule has 2 nitrogen and oxygen atoms in total. The molecule has 128 valence electrons. The number of anilines is 1. The number of hydrogen-bond donors (Lipinski definition) is 2. The standard InChI is InChI=1S/C18H19F3N2S/c1-11-8-9-14(10-12(11)2)13(3)22-17(24)23-16-7-5-4-6-15(16)18(19,20)21/h4-10,13H,1-3H3,(H2,22,23,24)/t13-/m1/s1. The molecule has 0 saturated heterocycles. The van der Waals surface area contributed by atoms with Crippen LogP contribution in [0, 0.1) is 13.8 Å². The summed E-state index contributed by atoms with van der Waals surface area (Å²) < 4.78 is 39.0. The molecule has 0 fully saturated rings. The largest absolute Gasteiger partial charge is 0.418 e. The minimum atomic E-state index is -4.43. The fraction of sp³-hybridized carbons (Fsp3) is 0.278. The highest BCUT2D eigenvalue weighted by Crippen LogP contribution is 2.34. The Bertz CT molecular complexity index is 741. The van der Waals surface area contributed by atoms with Gasteiger partial charge in [0.05, 0.1) is 17.3 Å². The fourth-order valence-electron chi connectivity index (χ4n) is 2.31. The second-order valence-electron chi connectivity index (χ2n) is 5.71. The summed E-state index contributed by atoms with van der Waals surface area (Å²) in [7, 11) is 0. The van der Waals surface area contributed by atoms with Crippen LogP contribution in [-0.4, -0.2) is 5.11 Å². The minimum Gasteiger partial charge on any atom is -0.356 e. The lowest BCUT2D eigenvalue weighted by atomic mass is 10.0. The van der Waals surface area contributed by atoms with Gasteiger partial charge in [-0.3, -0.25) is 0 Å². The first-order chi connectivity index (χ1) is 11.2. The maximum atomic E-state index is 13.0. The second-order valence-corrected chi connectivity index (χ2v) is 6.12. The third kappa shape index (κ3) is 4.47. The van der Waals surface area contributed by atoms with Gasteiger partial charge in [-0.25, -0.2) is 0 Å². The average Bonchev–Trinajstić information content (AvgIpc) is 2.49. The lowest BCUT2D eigenvalue weighted by Crippen LogP contribution is -2.31. The molecule has 0 aromatic heterocycles. The van der Waals surface area contributed by atoms with E-state index in [-0.39, 0.29) is 16.8 Å². The number of hydrogen-bond acceptors (Lipinski definition) is 1. The first-order valence-electron chi connectivity index (χ1n) is 7.49. The van der Waals surface area contributed by atoms with Gasteiger partial charge >= 0.3 is 6.18 Å². The Kier molecular flexibility index (Phi) is 5.49. The van der Waals surface area contributed by atoms with E-state index in [2.05, 4.69) is 10.6 Å². The highest BCUT2D eigenvalue weighted by atomic mass is 32.1. The zero-order chi connectivity index (χ0) is 17.9. The molecule has 24 heavy (non-hydrogen) atoms. The molecule has 2 aromatic carbocycles. The van der Waals surface area contributed by atoms with E-state index in [1.54, 1.807) is 0 Å². The van der Waals surface area contributed by atoms with Crippen molar-refractivity contribution in [1.29, 1.82) is 0 Å². The molecular formula is C18H19F3N2S. The van der Waals surface area contributed by atoms with Crippen molar-refractivity contribution in [2.75, 3.05) is 5.32 Å². The number of para-hydroxylation sites is 1. The molecule has 0 saturated carbocycles. The van der Waals surface area contributed by atoms with E-state index >= 15 is 0 Å². The molecule has 6 heteroatoms. The molecule has 1 atom stereocenters. The van der Waals surface area contributed by atoms with Gasteiger partial charge in [0.15, 0.2) is 5.11 Å². The maximum Gasteiger partial charge on any atom is 0.418 e. The van der Waals surface area contributed by atoms with Gasteiger partial charge in [0.2, 0.25) is 0 Å². The van der Waals surface area contributed by atoms with Crippen LogP contribution in [-0.2, 0) is 6.18 Å². The summed E-state index contributed by atoms with van der Waals surface area (Å²) in [5.41, 5.74) is 2.56. The number of thiocarbonyl (C=S) groups is 1. The van der Waals surface area contributed by atoms with Crippen LogP contribution in [0.4, 0.5) is 18.9 Å². The molecule has 0 heterocycles. The van der Waals surface area contributed by atoms with Crippen LogP contribution in [0.5, 0.6) is 0 Å². The minimum absolute atomic E-state index is 0.0604.